The highest BCUT2D eigenvalue weighted by Gasteiger charge is 2.48. The molecule has 0 spiro atoms. The lowest BCUT2D eigenvalue weighted by Gasteiger charge is -2.30. The first-order chi connectivity index (χ1) is 7.28. The number of aliphatic hydroxyl groups excluding tert-OH is 1. The van der Waals surface area contributed by atoms with Crippen LogP contribution in [0.1, 0.15) is 47.5 Å². The van der Waals surface area contributed by atoms with E-state index < -0.39 is 6.10 Å². The molecule has 0 aromatic heterocycles. The van der Waals surface area contributed by atoms with E-state index >= 15 is 0 Å². The van der Waals surface area contributed by atoms with E-state index in [1.807, 2.05) is 0 Å². The maximum Gasteiger partial charge on any atom is 0.0830 e. The zero-order valence-corrected chi connectivity index (χ0v) is 11.2. The zero-order valence-electron chi connectivity index (χ0n) is 11.2. The second-order valence-electron chi connectivity index (χ2n) is 5.92. The molecule has 1 aliphatic heterocycles. The van der Waals surface area contributed by atoms with Crippen molar-refractivity contribution in [1.29, 1.82) is 0 Å². The smallest absolute Gasteiger partial charge is 0.0830 e. The Labute approximate surface area is 99.1 Å². The Morgan fingerprint density at radius 3 is 2.44 bits per heavy atom. The quantitative estimate of drug-likeness (QED) is 0.737. The van der Waals surface area contributed by atoms with Crippen molar-refractivity contribution in [3.05, 3.63) is 0 Å². The standard InChI is InChI=1S/C13H26O3/c1-6-7-15-9-11(14)10-8-12(2,3)16-13(10,4)5/h10-11,14H,6-9H2,1-5H3. The highest BCUT2D eigenvalue weighted by molar-refractivity contribution is 4.97. The van der Waals surface area contributed by atoms with Crippen LogP contribution >= 0.6 is 0 Å². The van der Waals surface area contributed by atoms with Crippen molar-refractivity contribution >= 4 is 0 Å². The van der Waals surface area contributed by atoms with E-state index in [1.165, 1.54) is 0 Å². The molecule has 0 bridgehead atoms. The average Bonchev–Trinajstić information content (AvgIpc) is 2.34. The fraction of sp³-hybridized carbons (Fsp3) is 1.00. The molecule has 0 radical (unpaired) electrons. The molecule has 2 atom stereocenters. The van der Waals surface area contributed by atoms with Gasteiger partial charge < -0.3 is 14.6 Å². The maximum absolute atomic E-state index is 10.1. The molecular formula is C13H26O3. The SMILES string of the molecule is CCCOCC(O)C1CC(C)(C)OC1(C)C. The molecule has 0 aromatic rings. The molecule has 1 saturated heterocycles. The van der Waals surface area contributed by atoms with Crippen molar-refractivity contribution in [2.75, 3.05) is 13.2 Å². The van der Waals surface area contributed by atoms with Gasteiger partial charge in [0, 0.05) is 12.5 Å². The van der Waals surface area contributed by atoms with Crippen molar-refractivity contribution in [3.63, 3.8) is 0 Å². The van der Waals surface area contributed by atoms with Crippen LogP contribution in [0.3, 0.4) is 0 Å². The zero-order chi connectivity index (χ0) is 12.4. The van der Waals surface area contributed by atoms with Crippen LogP contribution in [0.2, 0.25) is 0 Å². The minimum absolute atomic E-state index is 0.139. The summed E-state index contributed by atoms with van der Waals surface area (Å²) in [7, 11) is 0. The Hall–Kier alpha value is -0.120. The highest BCUT2D eigenvalue weighted by atomic mass is 16.5. The van der Waals surface area contributed by atoms with E-state index in [0.717, 1.165) is 12.8 Å². The number of hydrogen-bond acceptors (Lipinski definition) is 3. The van der Waals surface area contributed by atoms with Gasteiger partial charge in [-0.05, 0) is 40.5 Å². The number of ether oxygens (including phenoxy) is 2. The van der Waals surface area contributed by atoms with E-state index in [-0.39, 0.29) is 17.1 Å². The highest BCUT2D eigenvalue weighted by Crippen LogP contribution is 2.43. The normalized spacial score (nSPS) is 29.2. The Bertz CT molecular complexity index is 223. The van der Waals surface area contributed by atoms with Crippen LogP contribution in [-0.2, 0) is 9.47 Å². The molecule has 16 heavy (non-hydrogen) atoms. The van der Waals surface area contributed by atoms with Gasteiger partial charge in [-0.2, -0.15) is 0 Å². The predicted molar refractivity (Wildman–Crippen MR) is 64.5 cm³/mol. The molecule has 0 saturated carbocycles. The van der Waals surface area contributed by atoms with Gasteiger partial charge in [-0.15, -0.1) is 0 Å². The van der Waals surface area contributed by atoms with E-state index in [4.69, 9.17) is 9.47 Å². The molecule has 1 heterocycles. The Kier molecular flexibility index (Phi) is 4.38. The van der Waals surface area contributed by atoms with Crippen LogP contribution in [0.25, 0.3) is 0 Å². The van der Waals surface area contributed by atoms with Gasteiger partial charge in [-0.3, -0.25) is 0 Å². The minimum atomic E-state index is -0.427. The van der Waals surface area contributed by atoms with Crippen LogP contribution in [-0.4, -0.2) is 35.6 Å². The first-order valence-electron chi connectivity index (χ1n) is 6.24. The topological polar surface area (TPSA) is 38.7 Å². The first-order valence-corrected chi connectivity index (χ1v) is 6.24. The molecule has 1 fully saturated rings. The Morgan fingerprint density at radius 2 is 2.00 bits per heavy atom. The molecule has 1 rings (SSSR count). The van der Waals surface area contributed by atoms with Gasteiger partial charge in [0.05, 0.1) is 23.9 Å². The van der Waals surface area contributed by atoms with Crippen LogP contribution < -0.4 is 0 Å². The molecule has 2 unspecified atom stereocenters. The van der Waals surface area contributed by atoms with Gasteiger partial charge in [-0.1, -0.05) is 6.92 Å². The van der Waals surface area contributed by atoms with Gasteiger partial charge in [0.1, 0.15) is 0 Å². The summed E-state index contributed by atoms with van der Waals surface area (Å²) in [5, 5.41) is 10.1. The third kappa shape index (κ3) is 3.44. The molecule has 0 aromatic carbocycles. The lowest BCUT2D eigenvalue weighted by molar-refractivity contribution is -0.0958. The van der Waals surface area contributed by atoms with Gasteiger partial charge in [0.2, 0.25) is 0 Å². The van der Waals surface area contributed by atoms with Crippen LogP contribution in [0.15, 0.2) is 0 Å². The van der Waals surface area contributed by atoms with Gasteiger partial charge in [-0.25, -0.2) is 0 Å². The minimum Gasteiger partial charge on any atom is -0.390 e. The molecule has 1 aliphatic rings. The number of rotatable bonds is 5. The molecule has 0 amide bonds. The molecule has 96 valence electrons. The van der Waals surface area contributed by atoms with Gasteiger partial charge in [0.15, 0.2) is 0 Å². The lowest BCUT2D eigenvalue weighted by atomic mass is 9.83. The van der Waals surface area contributed by atoms with Crippen molar-refractivity contribution in [2.24, 2.45) is 5.92 Å². The first kappa shape index (κ1) is 13.9. The summed E-state index contributed by atoms with van der Waals surface area (Å²) in [5.74, 6) is 0.152. The fourth-order valence-corrected chi connectivity index (χ4v) is 2.67. The summed E-state index contributed by atoms with van der Waals surface area (Å²) in [4.78, 5) is 0. The summed E-state index contributed by atoms with van der Waals surface area (Å²) in [6, 6.07) is 0. The summed E-state index contributed by atoms with van der Waals surface area (Å²) in [6.45, 7) is 11.5. The monoisotopic (exact) mass is 230 g/mol. The molecule has 0 aliphatic carbocycles. The molecule has 1 N–H and O–H groups in total. The second-order valence-corrected chi connectivity index (χ2v) is 5.92. The van der Waals surface area contributed by atoms with Gasteiger partial charge >= 0.3 is 0 Å². The maximum atomic E-state index is 10.1. The fourth-order valence-electron chi connectivity index (χ4n) is 2.67. The molecular weight excluding hydrogens is 204 g/mol. The summed E-state index contributed by atoms with van der Waals surface area (Å²) in [6.07, 6.45) is 1.45. The van der Waals surface area contributed by atoms with E-state index in [1.54, 1.807) is 0 Å². The lowest BCUT2D eigenvalue weighted by Crippen LogP contribution is -2.38. The third-order valence-corrected chi connectivity index (χ3v) is 3.25. The van der Waals surface area contributed by atoms with Crippen molar-refractivity contribution in [3.8, 4) is 0 Å². The Morgan fingerprint density at radius 1 is 1.38 bits per heavy atom. The Balaban J connectivity index is 2.52. The third-order valence-electron chi connectivity index (χ3n) is 3.25. The van der Waals surface area contributed by atoms with Gasteiger partial charge in [0.25, 0.3) is 0 Å². The summed E-state index contributed by atoms with van der Waals surface area (Å²) in [5.41, 5.74) is -0.404. The van der Waals surface area contributed by atoms with E-state index in [2.05, 4.69) is 34.6 Å². The molecule has 3 heteroatoms. The largest absolute Gasteiger partial charge is 0.390 e. The average molecular weight is 230 g/mol. The van der Waals surface area contributed by atoms with Crippen LogP contribution in [0, 0.1) is 5.92 Å². The summed E-state index contributed by atoms with van der Waals surface area (Å²) >= 11 is 0. The molecule has 3 nitrogen and oxygen atoms in total. The van der Waals surface area contributed by atoms with E-state index in [0.29, 0.717) is 13.2 Å². The van der Waals surface area contributed by atoms with Crippen molar-refractivity contribution < 1.29 is 14.6 Å². The van der Waals surface area contributed by atoms with Crippen molar-refractivity contribution in [1.82, 2.24) is 0 Å². The van der Waals surface area contributed by atoms with E-state index in [9.17, 15) is 5.11 Å². The number of aliphatic hydroxyl groups is 1. The predicted octanol–water partition coefficient (Wildman–Crippen LogP) is 2.37. The second kappa shape index (κ2) is 5.03. The van der Waals surface area contributed by atoms with Crippen molar-refractivity contribution in [2.45, 2.75) is 64.8 Å². The van der Waals surface area contributed by atoms with Crippen LogP contribution in [0.4, 0.5) is 0 Å². The number of hydrogen-bond donors (Lipinski definition) is 1. The van der Waals surface area contributed by atoms with Crippen LogP contribution in [0.5, 0.6) is 0 Å². The summed E-state index contributed by atoms with van der Waals surface area (Å²) < 4.78 is 11.4.